The van der Waals surface area contributed by atoms with Crippen LogP contribution in [0.1, 0.15) is 32.5 Å². The lowest BCUT2D eigenvalue weighted by molar-refractivity contribution is -0.141. The summed E-state index contributed by atoms with van der Waals surface area (Å²) in [6.45, 7) is 1.93. The van der Waals surface area contributed by atoms with Gasteiger partial charge in [0.15, 0.2) is 5.69 Å². The molecule has 0 spiro atoms. The molecule has 0 aliphatic carbocycles. The second-order valence-corrected chi connectivity index (χ2v) is 7.67. The maximum absolute atomic E-state index is 12.8. The molecular weight excluding hydrogens is 319 g/mol. The molecule has 1 aliphatic heterocycles. The number of aromatic carboxylic acids is 1. The molecule has 2 unspecified atom stereocenters. The zero-order valence-electron chi connectivity index (χ0n) is 9.73. The predicted molar refractivity (Wildman–Crippen MR) is 71.2 cm³/mol. The van der Waals surface area contributed by atoms with E-state index in [9.17, 15) is 18.0 Å². The minimum Gasteiger partial charge on any atom is -0.477 e. The summed E-state index contributed by atoms with van der Waals surface area (Å²) in [4.78, 5) is 13.7. The standard InChI is InChI=1S/C10H10F3NO2S3/c1-4-5(18-3-2-17-4)8-14-7(10(11,12)13)6(19-8)9(15)16/h4-5H,2-3H2,1H3,(H,15,16). The highest BCUT2D eigenvalue weighted by Gasteiger charge is 2.41. The van der Waals surface area contributed by atoms with Gasteiger partial charge in [0.1, 0.15) is 9.88 Å². The van der Waals surface area contributed by atoms with Gasteiger partial charge in [0.05, 0.1) is 5.25 Å². The van der Waals surface area contributed by atoms with E-state index in [2.05, 4.69) is 4.98 Å². The Balaban J connectivity index is 2.40. The van der Waals surface area contributed by atoms with Gasteiger partial charge >= 0.3 is 12.1 Å². The molecule has 0 amide bonds. The van der Waals surface area contributed by atoms with Crippen molar-refractivity contribution in [3.63, 3.8) is 0 Å². The number of halogens is 3. The molecule has 1 aromatic heterocycles. The number of hydrogen-bond acceptors (Lipinski definition) is 5. The maximum Gasteiger partial charge on any atom is 0.435 e. The van der Waals surface area contributed by atoms with E-state index in [1.165, 1.54) is 11.8 Å². The Bertz CT molecular complexity index is 489. The summed E-state index contributed by atoms with van der Waals surface area (Å²) in [5.41, 5.74) is -1.27. The van der Waals surface area contributed by atoms with Crippen LogP contribution in [0.25, 0.3) is 0 Å². The van der Waals surface area contributed by atoms with Gasteiger partial charge in [-0.1, -0.05) is 6.92 Å². The first-order valence-electron chi connectivity index (χ1n) is 5.35. The summed E-state index contributed by atoms with van der Waals surface area (Å²) in [5.74, 6) is 0.214. The molecule has 1 fully saturated rings. The molecule has 19 heavy (non-hydrogen) atoms. The van der Waals surface area contributed by atoms with Crippen molar-refractivity contribution in [2.45, 2.75) is 23.6 Å². The normalized spacial score (nSPS) is 24.4. The first-order chi connectivity index (χ1) is 8.80. The van der Waals surface area contributed by atoms with Gasteiger partial charge in [0, 0.05) is 16.8 Å². The van der Waals surface area contributed by atoms with Gasteiger partial charge in [-0.25, -0.2) is 9.78 Å². The smallest absolute Gasteiger partial charge is 0.435 e. The topological polar surface area (TPSA) is 50.2 Å². The molecular formula is C10H10F3NO2S3. The molecule has 1 N–H and O–H groups in total. The van der Waals surface area contributed by atoms with Crippen LogP contribution >= 0.6 is 34.9 Å². The maximum atomic E-state index is 12.8. The fraction of sp³-hybridized carbons (Fsp3) is 0.600. The number of aromatic nitrogens is 1. The van der Waals surface area contributed by atoms with E-state index in [-0.39, 0.29) is 15.5 Å². The Hall–Kier alpha value is -0.410. The zero-order valence-corrected chi connectivity index (χ0v) is 12.2. The van der Waals surface area contributed by atoms with Gasteiger partial charge in [-0.3, -0.25) is 0 Å². The Labute approximate surface area is 120 Å². The van der Waals surface area contributed by atoms with Crippen molar-refractivity contribution in [3.8, 4) is 0 Å². The third-order valence-electron chi connectivity index (χ3n) is 2.54. The van der Waals surface area contributed by atoms with Gasteiger partial charge in [-0.15, -0.1) is 23.1 Å². The van der Waals surface area contributed by atoms with Gasteiger partial charge in [-0.05, 0) is 0 Å². The van der Waals surface area contributed by atoms with Crippen molar-refractivity contribution < 1.29 is 23.1 Å². The number of rotatable bonds is 2. The van der Waals surface area contributed by atoms with E-state index in [0.717, 1.165) is 11.5 Å². The number of thiazole rings is 1. The molecule has 3 nitrogen and oxygen atoms in total. The van der Waals surface area contributed by atoms with Crippen molar-refractivity contribution in [1.82, 2.24) is 4.98 Å². The van der Waals surface area contributed by atoms with E-state index in [1.54, 1.807) is 11.8 Å². The Kier molecular flexibility index (Phi) is 4.36. The number of carboxylic acid groups (broad SMARTS) is 1. The molecule has 1 aliphatic rings. The molecule has 1 aromatic rings. The van der Waals surface area contributed by atoms with Crippen molar-refractivity contribution >= 4 is 40.8 Å². The Morgan fingerprint density at radius 3 is 2.47 bits per heavy atom. The van der Waals surface area contributed by atoms with Gasteiger partial charge < -0.3 is 5.11 Å². The second kappa shape index (κ2) is 5.53. The molecule has 2 heterocycles. The van der Waals surface area contributed by atoms with Crippen LogP contribution in [0, 0.1) is 0 Å². The molecule has 0 bridgehead atoms. The molecule has 2 rings (SSSR count). The van der Waals surface area contributed by atoms with Crippen LogP contribution in [0.15, 0.2) is 0 Å². The SMILES string of the molecule is CC1SCCSC1c1nc(C(F)(F)F)c(C(=O)O)s1. The lowest BCUT2D eigenvalue weighted by Gasteiger charge is -2.25. The van der Waals surface area contributed by atoms with Crippen LogP contribution < -0.4 is 0 Å². The van der Waals surface area contributed by atoms with E-state index < -0.39 is 22.7 Å². The van der Waals surface area contributed by atoms with E-state index in [4.69, 9.17) is 5.11 Å². The largest absolute Gasteiger partial charge is 0.477 e. The quantitative estimate of drug-likeness (QED) is 0.895. The highest BCUT2D eigenvalue weighted by atomic mass is 32.2. The third kappa shape index (κ3) is 3.19. The number of nitrogens with zero attached hydrogens (tertiary/aromatic N) is 1. The third-order valence-corrected chi connectivity index (χ3v) is 6.91. The lowest BCUT2D eigenvalue weighted by atomic mass is 10.3. The number of hydrogen-bond donors (Lipinski definition) is 1. The molecule has 0 radical (unpaired) electrons. The minimum atomic E-state index is -4.72. The fourth-order valence-corrected chi connectivity index (χ4v) is 5.78. The number of carboxylic acids is 1. The minimum absolute atomic E-state index is 0.132. The summed E-state index contributed by atoms with van der Waals surface area (Å²) < 4.78 is 38.3. The van der Waals surface area contributed by atoms with Crippen molar-refractivity contribution in [1.29, 1.82) is 0 Å². The Morgan fingerprint density at radius 1 is 1.37 bits per heavy atom. The average molecular weight is 329 g/mol. The van der Waals surface area contributed by atoms with Crippen LogP contribution in [0.4, 0.5) is 13.2 Å². The summed E-state index contributed by atoms with van der Waals surface area (Å²) >= 11 is 3.84. The summed E-state index contributed by atoms with van der Waals surface area (Å²) in [7, 11) is 0. The first-order valence-corrected chi connectivity index (χ1v) is 8.26. The molecule has 106 valence electrons. The number of alkyl halides is 3. The summed E-state index contributed by atoms with van der Waals surface area (Å²) in [6, 6.07) is 0. The van der Waals surface area contributed by atoms with Gasteiger partial charge in [0.2, 0.25) is 0 Å². The van der Waals surface area contributed by atoms with Crippen molar-refractivity contribution in [2.24, 2.45) is 0 Å². The van der Waals surface area contributed by atoms with Crippen molar-refractivity contribution in [2.75, 3.05) is 11.5 Å². The molecule has 2 atom stereocenters. The molecule has 9 heteroatoms. The van der Waals surface area contributed by atoms with E-state index >= 15 is 0 Å². The van der Waals surface area contributed by atoms with Gasteiger partial charge in [-0.2, -0.15) is 24.9 Å². The number of thioether (sulfide) groups is 2. The van der Waals surface area contributed by atoms with Crippen LogP contribution in [0.5, 0.6) is 0 Å². The Morgan fingerprint density at radius 2 is 2.00 bits per heavy atom. The molecule has 0 saturated carbocycles. The fourth-order valence-electron chi connectivity index (χ4n) is 1.70. The van der Waals surface area contributed by atoms with Crippen LogP contribution in [0.2, 0.25) is 0 Å². The van der Waals surface area contributed by atoms with Crippen LogP contribution in [-0.4, -0.2) is 32.8 Å². The van der Waals surface area contributed by atoms with Crippen LogP contribution in [0.3, 0.4) is 0 Å². The van der Waals surface area contributed by atoms with Crippen molar-refractivity contribution in [3.05, 3.63) is 15.6 Å². The van der Waals surface area contributed by atoms with E-state index in [0.29, 0.717) is 11.3 Å². The highest BCUT2D eigenvalue weighted by Crippen LogP contribution is 2.46. The van der Waals surface area contributed by atoms with Crippen LogP contribution in [-0.2, 0) is 6.18 Å². The van der Waals surface area contributed by atoms with Gasteiger partial charge in [0.25, 0.3) is 0 Å². The average Bonchev–Trinajstić information content (AvgIpc) is 2.74. The molecule has 1 saturated heterocycles. The number of carbonyl (C=O) groups is 1. The predicted octanol–water partition coefficient (Wildman–Crippen LogP) is 3.77. The van der Waals surface area contributed by atoms with E-state index in [1.807, 2.05) is 6.92 Å². The first kappa shape index (κ1) is 15.0. The second-order valence-electron chi connectivity index (χ2n) is 3.90. The monoisotopic (exact) mass is 329 g/mol. The summed E-state index contributed by atoms with van der Waals surface area (Å²) in [6.07, 6.45) is -4.72. The summed E-state index contributed by atoms with van der Waals surface area (Å²) in [5, 5.41) is 9.09. The zero-order chi connectivity index (χ0) is 14.2. The lowest BCUT2D eigenvalue weighted by Crippen LogP contribution is -2.16. The highest BCUT2D eigenvalue weighted by molar-refractivity contribution is 8.06. The molecule has 0 aromatic carbocycles.